The lowest BCUT2D eigenvalue weighted by Gasteiger charge is -2.05. The highest BCUT2D eigenvalue weighted by atomic mass is 16.5. The molecular weight excluding hydrogens is 266 g/mol. The second-order valence-corrected chi connectivity index (χ2v) is 4.84. The van der Waals surface area contributed by atoms with Gasteiger partial charge in [-0.05, 0) is 18.6 Å². The van der Waals surface area contributed by atoms with E-state index in [1.165, 1.54) is 0 Å². The van der Waals surface area contributed by atoms with Gasteiger partial charge in [-0.3, -0.25) is 0 Å². The molecular formula is C16H17N3O2. The largest absolute Gasteiger partial charge is 0.454 e. The molecule has 2 heterocycles. The molecule has 0 spiro atoms. The number of para-hydroxylation sites is 1. The van der Waals surface area contributed by atoms with Gasteiger partial charge in [-0.15, -0.1) is 0 Å². The molecule has 0 aliphatic carbocycles. The molecule has 0 radical (unpaired) electrons. The number of fused-ring (bicyclic) bond motifs is 1. The molecule has 0 bridgehead atoms. The van der Waals surface area contributed by atoms with Gasteiger partial charge in [0.05, 0.1) is 0 Å². The molecule has 1 N–H and O–H groups in total. The zero-order valence-electron chi connectivity index (χ0n) is 12.3. The molecule has 0 unspecified atom stereocenters. The van der Waals surface area contributed by atoms with Crippen molar-refractivity contribution in [3.05, 3.63) is 41.7 Å². The number of hydrogen-bond donors (Lipinski definition) is 1. The predicted molar refractivity (Wildman–Crippen MR) is 82.2 cm³/mol. The number of ether oxygens (including phenoxy) is 1. The molecule has 3 aromatic rings. The summed E-state index contributed by atoms with van der Waals surface area (Å²) in [7, 11) is 3.45. The van der Waals surface area contributed by atoms with E-state index in [0.29, 0.717) is 12.4 Å². The van der Waals surface area contributed by atoms with Crippen LogP contribution in [-0.4, -0.2) is 24.1 Å². The van der Waals surface area contributed by atoms with Gasteiger partial charge in [0.1, 0.15) is 23.7 Å². The Bertz CT molecular complexity index is 780. The Balaban J connectivity index is 2.12. The fourth-order valence-electron chi connectivity index (χ4n) is 2.28. The minimum Gasteiger partial charge on any atom is -0.454 e. The summed E-state index contributed by atoms with van der Waals surface area (Å²) in [6.07, 6.45) is 0. The quantitative estimate of drug-likeness (QED) is 0.795. The fourth-order valence-corrected chi connectivity index (χ4v) is 2.28. The molecule has 5 nitrogen and oxygen atoms in total. The zero-order chi connectivity index (χ0) is 14.8. The number of furan rings is 1. The molecule has 1 aromatic carbocycles. The number of methoxy groups -OCH3 is 1. The van der Waals surface area contributed by atoms with Crippen molar-refractivity contribution in [2.45, 2.75) is 13.5 Å². The van der Waals surface area contributed by atoms with Crippen LogP contribution in [0.25, 0.3) is 22.4 Å². The van der Waals surface area contributed by atoms with Crippen LogP contribution >= 0.6 is 0 Å². The third kappa shape index (κ3) is 2.60. The molecule has 5 heteroatoms. The summed E-state index contributed by atoms with van der Waals surface area (Å²) in [5.41, 5.74) is 2.75. The van der Waals surface area contributed by atoms with Crippen LogP contribution in [0.3, 0.4) is 0 Å². The van der Waals surface area contributed by atoms with Crippen LogP contribution in [0.15, 0.2) is 34.7 Å². The van der Waals surface area contributed by atoms with E-state index in [9.17, 15) is 0 Å². The van der Waals surface area contributed by atoms with Gasteiger partial charge in [-0.2, -0.15) is 0 Å². The minimum atomic E-state index is 0.363. The molecule has 0 atom stereocenters. The van der Waals surface area contributed by atoms with Crippen LogP contribution in [0.4, 0.5) is 5.82 Å². The monoisotopic (exact) mass is 283 g/mol. The molecule has 21 heavy (non-hydrogen) atoms. The van der Waals surface area contributed by atoms with Gasteiger partial charge < -0.3 is 14.5 Å². The second kappa shape index (κ2) is 5.54. The molecule has 0 fully saturated rings. The minimum absolute atomic E-state index is 0.363. The van der Waals surface area contributed by atoms with Crippen LogP contribution in [0, 0.1) is 6.92 Å². The van der Waals surface area contributed by atoms with Gasteiger partial charge in [-0.1, -0.05) is 18.2 Å². The maximum atomic E-state index is 5.96. The van der Waals surface area contributed by atoms with Crippen molar-refractivity contribution in [1.29, 1.82) is 0 Å². The topological polar surface area (TPSA) is 60.2 Å². The molecule has 0 aliphatic heterocycles. The molecule has 0 aliphatic rings. The average Bonchev–Trinajstić information content (AvgIpc) is 2.93. The van der Waals surface area contributed by atoms with Gasteiger partial charge >= 0.3 is 0 Å². The van der Waals surface area contributed by atoms with Crippen molar-refractivity contribution in [2.24, 2.45) is 0 Å². The SMILES string of the molecule is CNc1cc(-c2cc3cccc(C)c3o2)nc(COC)n1. The van der Waals surface area contributed by atoms with Crippen molar-refractivity contribution < 1.29 is 9.15 Å². The average molecular weight is 283 g/mol. The first-order valence-corrected chi connectivity index (χ1v) is 6.75. The van der Waals surface area contributed by atoms with Crippen molar-refractivity contribution in [2.75, 3.05) is 19.5 Å². The van der Waals surface area contributed by atoms with E-state index in [0.717, 1.165) is 33.8 Å². The summed E-state index contributed by atoms with van der Waals surface area (Å²) < 4.78 is 11.1. The number of aromatic nitrogens is 2. The Morgan fingerprint density at radius 2 is 2.10 bits per heavy atom. The van der Waals surface area contributed by atoms with E-state index in [1.54, 1.807) is 7.11 Å². The Labute approximate surface area is 123 Å². The summed E-state index contributed by atoms with van der Waals surface area (Å²) in [5.74, 6) is 2.09. The number of rotatable bonds is 4. The summed E-state index contributed by atoms with van der Waals surface area (Å²) >= 11 is 0. The summed E-state index contributed by atoms with van der Waals surface area (Å²) in [6.45, 7) is 2.40. The van der Waals surface area contributed by atoms with Crippen LogP contribution in [0.1, 0.15) is 11.4 Å². The number of aryl methyl sites for hydroxylation is 1. The third-order valence-electron chi connectivity index (χ3n) is 3.30. The van der Waals surface area contributed by atoms with Crippen molar-refractivity contribution >= 4 is 16.8 Å². The Morgan fingerprint density at radius 3 is 2.81 bits per heavy atom. The van der Waals surface area contributed by atoms with E-state index >= 15 is 0 Å². The van der Waals surface area contributed by atoms with Crippen LogP contribution in [0.2, 0.25) is 0 Å². The maximum absolute atomic E-state index is 5.96. The lowest BCUT2D eigenvalue weighted by Crippen LogP contribution is -2.02. The standard InChI is InChI=1S/C16H17N3O2/c1-10-5-4-6-11-7-13(21-16(10)11)12-8-14(17-2)19-15(18-12)9-20-3/h4-8H,9H2,1-3H3,(H,17,18,19). The van der Waals surface area contributed by atoms with Crippen LogP contribution in [0.5, 0.6) is 0 Å². The van der Waals surface area contributed by atoms with Crippen molar-refractivity contribution in [1.82, 2.24) is 9.97 Å². The van der Waals surface area contributed by atoms with Crippen LogP contribution < -0.4 is 5.32 Å². The molecule has 2 aromatic heterocycles. The van der Waals surface area contributed by atoms with Crippen molar-refractivity contribution in [3.63, 3.8) is 0 Å². The first-order chi connectivity index (χ1) is 10.2. The van der Waals surface area contributed by atoms with Gasteiger partial charge in [0, 0.05) is 25.6 Å². The normalized spacial score (nSPS) is 11.0. The summed E-state index contributed by atoms with van der Waals surface area (Å²) in [5, 5.41) is 4.10. The summed E-state index contributed by atoms with van der Waals surface area (Å²) in [6, 6.07) is 9.95. The first kappa shape index (κ1) is 13.6. The van der Waals surface area contributed by atoms with Crippen molar-refractivity contribution in [3.8, 4) is 11.5 Å². The Morgan fingerprint density at radius 1 is 1.24 bits per heavy atom. The van der Waals surface area contributed by atoms with E-state index in [2.05, 4.69) is 15.3 Å². The number of hydrogen-bond acceptors (Lipinski definition) is 5. The van der Waals surface area contributed by atoms with Gasteiger partial charge in [0.2, 0.25) is 0 Å². The molecule has 108 valence electrons. The number of nitrogens with zero attached hydrogens (tertiary/aromatic N) is 2. The lowest BCUT2D eigenvalue weighted by molar-refractivity contribution is 0.178. The van der Waals surface area contributed by atoms with E-state index < -0.39 is 0 Å². The van der Waals surface area contributed by atoms with Gasteiger partial charge in [0.15, 0.2) is 11.6 Å². The van der Waals surface area contributed by atoms with Crippen LogP contribution in [-0.2, 0) is 11.3 Å². The van der Waals surface area contributed by atoms with E-state index in [4.69, 9.17) is 9.15 Å². The Hall–Kier alpha value is -2.40. The molecule has 0 saturated carbocycles. The van der Waals surface area contributed by atoms with E-state index in [1.807, 2.05) is 44.3 Å². The van der Waals surface area contributed by atoms with E-state index in [-0.39, 0.29) is 0 Å². The number of anilines is 1. The highest BCUT2D eigenvalue weighted by Crippen LogP contribution is 2.29. The number of benzene rings is 1. The number of nitrogens with one attached hydrogen (secondary N) is 1. The molecule has 3 rings (SSSR count). The Kier molecular flexibility index (Phi) is 3.58. The summed E-state index contributed by atoms with van der Waals surface area (Å²) in [4.78, 5) is 8.85. The maximum Gasteiger partial charge on any atom is 0.157 e. The lowest BCUT2D eigenvalue weighted by atomic mass is 10.2. The smallest absolute Gasteiger partial charge is 0.157 e. The third-order valence-corrected chi connectivity index (χ3v) is 3.30. The molecule has 0 amide bonds. The molecule has 0 saturated heterocycles. The van der Waals surface area contributed by atoms with Gasteiger partial charge in [0.25, 0.3) is 0 Å². The highest BCUT2D eigenvalue weighted by Gasteiger charge is 2.12. The first-order valence-electron chi connectivity index (χ1n) is 6.75. The highest BCUT2D eigenvalue weighted by molar-refractivity contribution is 5.84. The predicted octanol–water partition coefficient (Wildman–Crippen LogP) is 3.39. The fraction of sp³-hybridized carbons (Fsp3) is 0.250. The zero-order valence-corrected chi connectivity index (χ0v) is 12.3. The second-order valence-electron chi connectivity index (χ2n) is 4.84. The van der Waals surface area contributed by atoms with Gasteiger partial charge in [-0.25, -0.2) is 9.97 Å².